The number of fused-ring (bicyclic) bond motifs is 1. The fraction of sp³-hybridized carbons (Fsp3) is 0.143. The molecule has 2 aromatic heterocycles. The molecule has 30 heavy (non-hydrogen) atoms. The lowest BCUT2D eigenvalue weighted by Crippen LogP contribution is -2.23. The highest BCUT2D eigenvalue weighted by Crippen LogP contribution is 2.24. The largest absolute Gasteiger partial charge is 0.360 e. The molecule has 2 aromatic carbocycles. The number of nitrogens with zero attached hydrogens (tertiary/aromatic N) is 3. The fourth-order valence-electron chi connectivity index (χ4n) is 3.00. The smallest absolute Gasteiger partial charge is 0.266 e. The molecular formula is C21H17ClN4O3S. The summed E-state index contributed by atoms with van der Waals surface area (Å²) >= 11 is 7.25. The van der Waals surface area contributed by atoms with Crippen molar-refractivity contribution in [2.75, 3.05) is 11.1 Å². The summed E-state index contributed by atoms with van der Waals surface area (Å²) in [5, 5.41) is 7.75. The van der Waals surface area contributed by atoms with E-state index in [0.717, 1.165) is 17.3 Å². The Morgan fingerprint density at radius 1 is 1.20 bits per heavy atom. The molecule has 4 rings (SSSR count). The minimum atomic E-state index is -0.287. The molecule has 152 valence electrons. The zero-order valence-electron chi connectivity index (χ0n) is 16.2. The minimum Gasteiger partial charge on any atom is -0.360 e. The van der Waals surface area contributed by atoms with Crippen molar-refractivity contribution in [1.82, 2.24) is 14.7 Å². The predicted molar refractivity (Wildman–Crippen MR) is 118 cm³/mol. The Morgan fingerprint density at radius 2 is 2.00 bits per heavy atom. The van der Waals surface area contributed by atoms with Gasteiger partial charge in [-0.15, -0.1) is 0 Å². The second kappa shape index (κ2) is 8.33. The van der Waals surface area contributed by atoms with Gasteiger partial charge >= 0.3 is 0 Å². The molecule has 0 fully saturated rings. The van der Waals surface area contributed by atoms with E-state index in [1.54, 1.807) is 31.2 Å². The SMILES string of the molecule is Cc1cc(NC(=O)CSc2nc3cc(Cl)ccc3c(=O)n2-c2ccccc2C)no1. The zero-order valence-corrected chi connectivity index (χ0v) is 17.8. The molecule has 0 saturated carbocycles. The fourth-order valence-corrected chi connectivity index (χ4v) is 3.97. The molecule has 0 bridgehead atoms. The Bertz CT molecular complexity index is 1320. The van der Waals surface area contributed by atoms with Crippen LogP contribution >= 0.6 is 23.4 Å². The number of thioether (sulfide) groups is 1. The van der Waals surface area contributed by atoms with Gasteiger partial charge in [-0.25, -0.2) is 4.98 Å². The Balaban J connectivity index is 1.73. The highest BCUT2D eigenvalue weighted by atomic mass is 35.5. The van der Waals surface area contributed by atoms with E-state index in [-0.39, 0.29) is 17.2 Å². The summed E-state index contributed by atoms with van der Waals surface area (Å²) in [6, 6.07) is 14.1. The third kappa shape index (κ3) is 4.10. The van der Waals surface area contributed by atoms with E-state index < -0.39 is 0 Å². The molecule has 0 atom stereocenters. The van der Waals surface area contributed by atoms with Gasteiger partial charge in [0.15, 0.2) is 11.0 Å². The molecule has 2 heterocycles. The topological polar surface area (TPSA) is 90.0 Å². The van der Waals surface area contributed by atoms with Crippen LogP contribution < -0.4 is 10.9 Å². The lowest BCUT2D eigenvalue weighted by atomic mass is 10.2. The minimum absolute atomic E-state index is 0.0380. The number of hydrogen-bond acceptors (Lipinski definition) is 6. The predicted octanol–water partition coefficient (Wildman–Crippen LogP) is 4.37. The van der Waals surface area contributed by atoms with Crippen LogP contribution in [0.1, 0.15) is 11.3 Å². The molecule has 0 radical (unpaired) electrons. The number of aromatic nitrogens is 3. The monoisotopic (exact) mass is 440 g/mol. The Morgan fingerprint density at radius 3 is 2.73 bits per heavy atom. The first-order valence-corrected chi connectivity index (χ1v) is 10.4. The first-order chi connectivity index (χ1) is 14.4. The van der Waals surface area contributed by atoms with E-state index in [0.29, 0.717) is 38.3 Å². The summed E-state index contributed by atoms with van der Waals surface area (Å²) in [5.74, 6) is 0.688. The molecule has 4 aromatic rings. The first kappa shape index (κ1) is 20.2. The van der Waals surface area contributed by atoms with Gasteiger partial charge in [-0.05, 0) is 43.7 Å². The van der Waals surface area contributed by atoms with Crippen molar-refractivity contribution in [3.8, 4) is 5.69 Å². The second-order valence-corrected chi connectivity index (χ2v) is 8.02. The summed E-state index contributed by atoms with van der Waals surface area (Å²) in [4.78, 5) is 30.3. The summed E-state index contributed by atoms with van der Waals surface area (Å²) in [6.07, 6.45) is 0. The molecule has 1 N–H and O–H groups in total. The summed E-state index contributed by atoms with van der Waals surface area (Å²) < 4.78 is 6.48. The van der Waals surface area contributed by atoms with Crippen molar-refractivity contribution in [1.29, 1.82) is 0 Å². The molecule has 0 aliphatic carbocycles. The zero-order chi connectivity index (χ0) is 21.3. The number of rotatable bonds is 5. The number of carbonyl (C=O) groups is 1. The van der Waals surface area contributed by atoms with Gasteiger partial charge in [-0.2, -0.15) is 0 Å². The third-order valence-corrected chi connectivity index (χ3v) is 5.56. The van der Waals surface area contributed by atoms with Gasteiger partial charge in [0.05, 0.1) is 22.3 Å². The molecule has 0 unspecified atom stereocenters. The van der Waals surface area contributed by atoms with Crippen LogP contribution in [0.25, 0.3) is 16.6 Å². The van der Waals surface area contributed by atoms with Crippen molar-refractivity contribution in [2.45, 2.75) is 19.0 Å². The lowest BCUT2D eigenvalue weighted by molar-refractivity contribution is -0.113. The number of amides is 1. The van der Waals surface area contributed by atoms with Crippen LogP contribution in [-0.2, 0) is 4.79 Å². The van der Waals surface area contributed by atoms with Gasteiger partial charge in [-0.3, -0.25) is 14.2 Å². The Kier molecular flexibility index (Phi) is 5.61. The van der Waals surface area contributed by atoms with Crippen LogP contribution in [0, 0.1) is 13.8 Å². The quantitative estimate of drug-likeness (QED) is 0.366. The van der Waals surface area contributed by atoms with Gasteiger partial charge in [-0.1, -0.05) is 46.7 Å². The van der Waals surface area contributed by atoms with Crippen LogP contribution in [0.15, 0.2) is 63.0 Å². The van der Waals surface area contributed by atoms with E-state index in [9.17, 15) is 9.59 Å². The highest BCUT2D eigenvalue weighted by molar-refractivity contribution is 7.99. The number of anilines is 1. The Hall–Kier alpha value is -3.10. The highest BCUT2D eigenvalue weighted by Gasteiger charge is 2.17. The molecule has 1 amide bonds. The summed E-state index contributed by atoms with van der Waals surface area (Å²) in [6.45, 7) is 3.66. The molecule has 0 aliphatic heterocycles. The van der Waals surface area contributed by atoms with Crippen molar-refractivity contribution >= 4 is 46.0 Å². The van der Waals surface area contributed by atoms with E-state index >= 15 is 0 Å². The average Bonchev–Trinajstić information content (AvgIpc) is 3.11. The maximum Gasteiger partial charge on any atom is 0.266 e. The van der Waals surface area contributed by atoms with Gasteiger partial charge in [0.25, 0.3) is 5.56 Å². The number of carbonyl (C=O) groups excluding carboxylic acids is 1. The van der Waals surface area contributed by atoms with E-state index in [4.69, 9.17) is 16.1 Å². The maximum absolute atomic E-state index is 13.3. The first-order valence-electron chi connectivity index (χ1n) is 9.06. The normalized spacial score (nSPS) is 11.0. The second-order valence-electron chi connectivity index (χ2n) is 6.64. The van der Waals surface area contributed by atoms with E-state index in [1.165, 1.54) is 4.57 Å². The number of hydrogen-bond donors (Lipinski definition) is 1. The van der Waals surface area contributed by atoms with Gasteiger partial charge < -0.3 is 9.84 Å². The van der Waals surface area contributed by atoms with E-state index in [2.05, 4.69) is 15.5 Å². The number of para-hydroxylation sites is 1. The maximum atomic E-state index is 13.3. The third-order valence-electron chi connectivity index (χ3n) is 4.38. The molecule has 0 saturated heterocycles. The summed E-state index contributed by atoms with van der Waals surface area (Å²) in [7, 11) is 0. The van der Waals surface area contributed by atoms with Crippen molar-refractivity contribution in [2.24, 2.45) is 0 Å². The average molecular weight is 441 g/mol. The lowest BCUT2D eigenvalue weighted by Gasteiger charge is -2.15. The van der Waals surface area contributed by atoms with Gasteiger partial charge in [0, 0.05) is 11.1 Å². The van der Waals surface area contributed by atoms with Gasteiger partial charge in [0.1, 0.15) is 5.76 Å². The molecule has 7 nitrogen and oxygen atoms in total. The van der Waals surface area contributed by atoms with Crippen LogP contribution in [0.5, 0.6) is 0 Å². The van der Waals surface area contributed by atoms with Crippen LogP contribution in [0.2, 0.25) is 5.02 Å². The molecule has 0 aliphatic rings. The number of benzene rings is 2. The van der Waals surface area contributed by atoms with Crippen molar-refractivity contribution in [3.63, 3.8) is 0 Å². The summed E-state index contributed by atoms with van der Waals surface area (Å²) in [5.41, 5.74) is 1.88. The number of nitrogens with one attached hydrogen (secondary N) is 1. The standard InChI is InChI=1S/C21H17ClN4O3S/c1-12-5-3-4-6-17(12)26-20(28)15-8-7-14(22)10-16(15)23-21(26)30-11-19(27)24-18-9-13(2)29-25-18/h3-10H,11H2,1-2H3,(H,24,25,27). The van der Waals surface area contributed by atoms with Crippen LogP contribution in [0.3, 0.4) is 0 Å². The number of aryl methyl sites for hydroxylation is 2. The van der Waals surface area contributed by atoms with Crippen LogP contribution in [-0.4, -0.2) is 26.4 Å². The Labute approximate surface area is 181 Å². The van der Waals surface area contributed by atoms with Crippen molar-refractivity contribution in [3.05, 3.63) is 75.2 Å². The van der Waals surface area contributed by atoms with Crippen LogP contribution in [0.4, 0.5) is 5.82 Å². The molecular weight excluding hydrogens is 424 g/mol. The van der Waals surface area contributed by atoms with Crippen molar-refractivity contribution < 1.29 is 9.32 Å². The van der Waals surface area contributed by atoms with Gasteiger partial charge in [0.2, 0.25) is 5.91 Å². The molecule has 9 heteroatoms. The number of halogens is 1. The van der Waals surface area contributed by atoms with E-state index in [1.807, 2.05) is 31.2 Å². The molecule has 0 spiro atoms.